The van der Waals surface area contributed by atoms with Gasteiger partial charge in [0.1, 0.15) is 0 Å². The fourth-order valence-electron chi connectivity index (χ4n) is 4.43. The van der Waals surface area contributed by atoms with Crippen LogP contribution in [-0.2, 0) is 30.5 Å². The van der Waals surface area contributed by atoms with Crippen LogP contribution in [0, 0.1) is 6.92 Å². The molecule has 0 saturated carbocycles. The van der Waals surface area contributed by atoms with E-state index in [1.165, 1.54) is 28.3 Å². The first-order chi connectivity index (χ1) is 14.5. The Hall–Kier alpha value is -2.63. The van der Waals surface area contributed by atoms with Crippen molar-refractivity contribution < 1.29 is 13.1 Å². The van der Waals surface area contributed by atoms with Crippen LogP contribution in [-0.4, -0.2) is 22.8 Å². The lowest BCUT2D eigenvalue weighted by molar-refractivity contribution is 0.159. The Labute approximate surface area is 181 Å². The van der Waals surface area contributed by atoms with Crippen molar-refractivity contribution in [2.24, 2.45) is 0 Å². The van der Waals surface area contributed by atoms with Gasteiger partial charge in [-0.05, 0) is 54.7 Å². The van der Waals surface area contributed by atoms with Crippen LogP contribution in [0.3, 0.4) is 0 Å². The zero-order chi connectivity index (χ0) is 21.3. The molecule has 2 atom stereocenters. The first kappa shape index (κ1) is 20.6. The van der Waals surface area contributed by atoms with Crippen LogP contribution >= 0.6 is 0 Å². The largest absolute Gasteiger partial charge is 0.493 e. The molecular formula is C25H27NO3S. The van der Waals surface area contributed by atoms with Crippen molar-refractivity contribution >= 4 is 11.1 Å². The number of nitrogens with zero attached hydrogens (tertiary/aromatic N) is 1. The predicted molar refractivity (Wildman–Crippen MR) is 122 cm³/mol. The van der Waals surface area contributed by atoms with Crippen molar-refractivity contribution in [1.29, 1.82) is 0 Å². The molecule has 2 aliphatic heterocycles. The average molecular weight is 422 g/mol. The van der Waals surface area contributed by atoms with E-state index in [9.17, 15) is 4.21 Å². The van der Waals surface area contributed by atoms with E-state index in [1.807, 2.05) is 6.07 Å². The average Bonchev–Trinajstić information content (AvgIpc) is 2.76. The summed E-state index contributed by atoms with van der Waals surface area (Å²) in [7, 11) is 1.61. The number of benzene rings is 2. The number of hydrogen-bond donors (Lipinski definition) is 0. The highest BCUT2D eigenvalue weighted by atomic mass is 32.2. The Bertz CT molecular complexity index is 1060. The third-order valence-corrected chi connectivity index (χ3v) is 6.92. The Morgan fingerprint density at radius 3 is 2.80 bits per heavy atom. The number of hydrogen-bond acceptors (Lipinski definition) is 4. The minimum Gasteiger partial charge on any atom is -0.493 e. The standard InChI is InChI=1S/C25H27NO3S/c1-5-7-20(6-2)30(27)29-25-22-16-26-13-12-19-14-17(3)8-10-21(19)23(26)15-18(22)9-11-24(25)28-4/h5-11,14,23H,1-2,12-13,15-16H2,3-4H3/b20-7+. The Balaban J connectivity index is 1.71. The van der Waals surface area contributed by atoms with Gasteiger partial charge < -0.3 is 8.92 Å². The van der Waals surface area contributed by atoms with Crippen molar-refractivity contribution in [3.8, 4) is 11.5 Å². The molecule has 4 rings (SSSR count). The van der Waals surface area contributed by atoms with Crippen LogP contribution in [0.2, 0.25) is 0 Å². The molecule has 4 nitrogen and oxygen atoms in total. The molecular weight excluding hydrogens is 394 g/mol. The van der Waals surface area contributed by atoms with Gasteiger partial charge in [-0.3, -0.25) is 4.90 Å². The van der Waals surface area contributed by atoms with Gasteiger partial charge in [0, 0.05) is 24.7 Å². The molecule has 5 heteroatoms. The van der Waals surface area contributed by atoms with Crippen molar-refractivity contribution in [2.75, 3.05) is 13.7 Å². The first-order valence-corrected chi connectivity index (χ1v) is 11.2. The van der Waals surface area contributed by atoms with E-state index in [0.29, 0.717) is 22.4 Å². The maximum atomic E-state index is 12.8. The van der Waals surface area contributed by atoms with Crippen molar-refractivity contribution in [3.05, 3.63) is 94.4 Å². The van der Waals surface area contributed by atoms with Crippen LogP contribution < -0.4 is 8.92 Å². The highest BCUT2D eigenvalue weighted by molar-refractivity contribution is 7.84. The summed E-state index contributed by atoms with van der Waals surface area (Å²) in [5, 5.41) is 0. The molecule has 0 aliphatic carbocycles. The maximum Gasteiger partial charge on any atom is 0.240 e. The Morgan fingerprint density at radius 2 is 2.07 bits per heavy atom. The molecule has 2 heterocycles. The van der Waals surface area contributed by atoms with Gasteiger partial charge in [0.2, 0.25) is 11.1 Å². The van der Waals surface area contributed by atoms with Crippen LogP contribution in [0.4, 0.5) is 0 Å². The van der Waals surface area contributed by atoms with E-state index in [0.717, 1.165) is 31.5 Å². The number of rotatable bonds is 6. The van der Waals surface area contributed by atoms with E-state index in [1.54, 1.807) is 19.3 Å². The maximum absolute atomic E-state index is 12.8. The lowest BCUT2D eigenvalue weighted by atomic mass is 9.83. The molecule has 0 bridgehead atoms. The molecule has 0 spiro atoms. The second kappa shape index (κ2) is 8.62. The molecule has 2 aromatic carbocycles. The van der Waals surface area contributed by atoms with E-state index in [2.05, 4.69) is 49.2 Å². The summed E-state index contributed by atoms with van der Waals surface area (Å²) < 4.78 is 24.3. The van der Waals surface area contributed by atoms with E-state index < -0.39 is 11.1 Å². The summed E-state index contributed by atoms with van der Waals surface area (Å²) in [5.74, 6) is 1.15. The van der Waals surface area contributed by atoms with Crippen molar-refractivity contribution in [1.82, 2.24) is 4.90 Å². The summed E-state index contributed by atoms with van der Waals surface area (Å²) in [6.07, 6.45) is 6.68. The van der Waals surface area contributed by atoms with E-state index >= 15 is 0 Å². The van der Waals surface area contributed by atoms with Gasteiger partial charge in [-0.25, -0.2) is 4.21 Å². The van der Waals surface area contributed by atoms with Gasteiger partial charge >= 0.3 is 0 Å². The monoisotopic (exact) mass is 421 g/mol. The molecule has 0 aromatic heterocycles. The Morgan fingerprint density at radius 1 is 1.23 bits per heavy atom. The van der Waals surface area contributed by atoms with Gasteiger partial charge in [0.25, 0.3) is 0 Å². The van der Waals surface area contributed by atoms with Crippen molar-refractivity contribution in [2.45, 2.75) is 32.4 Å². The molecule has 2 aromatic rings. The normalized spacial score (nSPS) is 19.1. The summed E-state index contributed by atoms with van der Waals surface area (Å²) in [6, 6.07) is 11.2. The number of methoxy groups -OCH3 is 1. The third-order valence-electron chi connectivity index (χ3n) is 5.92. The number of allylic oxidation sites excluding steroid dienone is 3. The molecule has 0 fully saturated rings. The highest BCUT2D eigenvalue weighted by Crippen LogP contribution is 2.44. The summed E-state index contributed by atoms with van der Waals surface area (Å²) in [4.78, 5) is 2.96. The summed E-state index contributed by atoms with van der Waals surface area (Å²) in [5.41, 5.74) is 6.45. The fraction of sp³-hybridized carbons (Fsp3) is 0.280. The molecule has 30 heavy (non-hydrogen) atoms. The second-order valence-corrected chi connectivity index (χ2v) is 8.81. The molecule has 2 unspecified atom stereocenters. The third kappa shape index (κ3) is 3.75. The summed E-state index contributed by atoms with van der Waals surface area (Å²) >= 11 is -1.69. The zero-order valence-electron chi connectivity index (χ0n) is 17.5. The minimum atomic E-state index is -1.69. The minimum absolute atomic E-state index is 0.359. The van der Waals surface area contributed by atoms with E-state index in [-0.39, 0.29) is 0 Å². The van der Waals surface area contributed by atoms with Gasteiger partial charge in [0.15, 0.2) is 11.5 Å². The van der Waals surface area contributed by atoms with Crippen LogP contribution in [0.25, 0.3) is 0 Å². The SMILES string of the molecule is C=C/C=C(\C=C)S(=O)Oc1c(OC)ccc2c1CN1CCc3cc(C)ccc3C1C2. The molecule has 2 aliphatic rings. The quantitative estimate of drug-likeness (QED) is 0.618. The summed E-state index contributed by atoms with van der Waals surface area (Å²) in [6.45, 7) is 11.3. The van der Waals surface area contributed by atoms with Crippen molar-refractivity contribution in [3.63, 3.8) is 0 Å². The fourth-order valence-corrected chi connectivity index (χ4v) is 5.20. The number of fused-ring (bicyclic) bond motifs is 4. The second-order valence-electron chi connectivity index (χ2n) is 7.70. The number of aryl methyl sites for hydroxylation is 1. The molecule has 0 N–H and O–H groups in total. The van der Waals surface area contributed by atoms with Gasteiger partial charge in [0.05, 0.1) is 12.0 Å². The predicted octanol–water partition coefficient (Wildman–Crippen LogP) is 4.96. The smallest absolute Gasteiger partial charge is 0.240 e. The molecule has 0 radical (unpaired) electrons. The van der Waals surface area contributed by atoms with Crippen LogP contribution in [0.5, 0.6) is 11.5 Å². The van der Waals surface area contributed by atoms with Gasteiger partial charge in [-0.1, -0.05) is 49.1 Å². The van der Waals surface area contributed by atoms with E-state index in [4.69, 9.17) is 8.92 Å². The lowest BCUT2D eigenvalue weighted by Crippen LogP contribution is -2.39. The molecule has 156 valence electrons. The molecule has 0 saturated heterocycles. The van der Waals surface area contributed by atoms with Crippen LogP contribution in [0.15, 0.2) is 66.6 Å². The molecule has 0 amide bonds. The Kier molecular flexibility index (Phi) is 5.93. The highest BCUT2D eigenvalue weighted by Gasteiger charge is 2.34. The zero-order valence-corrected chi connectivity index (χ0v) is 18.3. The van der Waals surface area contributed by atoms with Gasteiger partial charge in [-0.15, -0.1) is 0 Å². The topological polar surface area (TPSA) is 38.8 Å². The lowest BCUT2D eigenvalue weighted by Gasteiger charge is -2.42. The first-order valence-electron chi connectivity index (χ1n) is 10.1. The number of ether oxygens (including phenoxy) is 1. The van der Waals surface area contributed by atoms with Crippen LogP contribution in [0.1, 0.15) is 33.9 Å². The van der Waals surface area contributed by atoms with Gasteiger partial charge in [-0.2, -0.15) is 0 Å².